The number of benzene rings is 1. The van der Waals surface area contributed by atoms with Crippen molar-refractivity contribution in [3.63, 3.8) is 0 Å². The van der Waals surface area contributed by atoms with Gasteiger partial charge in [-0.2, -0.15) is 0 Å². The van der Waals surface area contributed by atoms with Crippen molar-refractivity contribution in [3.05, 3.63) is 35.4 Å². The Balaban J connectivity index is 1.29. The molecule has 1 aromatic rings. The van der Waals surface area contributed by atoms with E-state index in [1.54, 1.807) is 6.21 Å². The Morgan fingerprint density at radius 2 is 1.83 bits per heavy atom. The van der Waals surface area contributed by atoms with Crippen molar-refractivity contribution < 1.29 is 9.63 Å². The Hall–Kier alpha value is -1.84. The van der Waals surface area contributed by atoms with Crippen molar-refractivity contribution in [1.82, 2.24) is 5.32 Å². The first kappa shape index (κ1) is 15.7. The second-order valence-corrected chi connectivity index (χ2v) is 8.11. The SMILES string of the molecule is Cc1ccccc1/C=N\OCC(=O)NC12CC3CC(CC(C3)C1)C2. The molecule has 0 radical (unpaired) electrons. The van der Waals surface area contributed by atoms with E-state index in [2.05, 4.69) is 10.5 Å². The standard InChI is InChI=1S/C20H26N2O2/c1-14-4-2-3-5-18(14)12-21-24-13-19(23)22-20-9-15-6-16(10-20)8-17(7-15)11-20/h2-5,12,15-17H,6-11,13H2,1H3,(H,22,23)/b21-12-. The minimum absolute atomic E-state index is 0.00410. The molecule has 5 rings (SSSR count). The summed E-state index contributed by atoms with van der Waals surface area (Å²) in [5.74, 6) is 2.46. The van der Waals surface area contributed by atoms with Crippen LogP contribution in [0.1, 0.15) is 49.7 Å². The number of hydrogen-bond donors (Lipinski definition) is 1. The number of carbonyl (C=O) groups excluding carboxylic acids is 1. The second-order valence-electron chi connectivity index (χ2n) is 8.11. The maximum atomic E-state index is 12.3. The largest absolute Gasteiger partial charge is 0.386 e. The lowest BCUT2D eigenvalue weighted by Crippen LogP contribution is -2.60. The van der Waals surface area contributed by atoms with Crippen molar-refractivity contribution >= 4 is 12.1 Å². The highest BCUT2D eigenvalue weighted by Crippen LogP contribution is 2.55. The van der Waals surface area contributed by atoms with E-state index in [9.17, 15) is 4.79 Å². The number of oxime groups is 1. The lowest BCUT2D eigenvalue weighted by atomic mass is 9.53. The van der Waals surface area contributed by atoms with Crippen LogP contribution >= 0.6 is 0 Å². The summed E-state index contributed by atoms with van der Waals surface area (Å²) < 4.78 is 0. The smallest absolute Gasteiger partial charge is 0.261 e. The lowest BCUT2D eigenvalue weighted by molar-refractivity contribution is -0.131. The van der Waals surface area contributed by atoms with Crippen molar-refractivity contribution in [1.29, 1.82) is 0 Å². The van der Waals surface area contributed by atoms with Crippen LogP contribution in [-0.4, -0.2) is 24.3 Å². The molecule has 4 saturated carbocycles. The maximum absolute atomic E-state index is 12.3. The number of nitrogens with one attached hydrogen (secondary N) is 1. The van der Waals surface area contributed by atoms with Crippen LogP contribution in [0.25, 0.3) is 0 Å². The summed E-state index contributed by atoms with van der Waals surface area (Å²) >= 11 is 0. The molecule has 0 unspecified atom stereocenters. The van der Waals surface area contributed by atoms with Gasteiger partial charge in [0.2, 0.25) is 0 Å². The first-order valence-corrected chi connectivity index (χ1v) is 9.14. The van der Waals surface area contributed by atoms with Crippen LogP contribution in [0, 0.1) is 24.7 Å². The van der Waals surface area contributed by atoms with Gasteiger partial charge in [0.25, 0.3) is 5.91 Å². The third-order valence-corrected chi connectivity index (χ3v) is 6.09. The van der Waals surface area contributed by atoms with Gasteiger partial charge < -0.3 is 10.2 Å². The van der Waals surface area contributed by atoms with Crippen LogP contribution < -0.4 is 5.32 Å². The number of aryl methyl sites for hydroxylation is 1. The Morgan fingerprint density at radius 1 is 1.21 bits per heavy atom. The fourth-order valence-corrected chi connectivity index (χ4v) is 5.52. The highest BCUT2D eigenvalue weighted by molar-refractivity contribution is 5.81. The summed E-state index contributed by atoms with van der Waals surface area (Å²) in [7, 11) is 0. The van der Waals surface area contributed by atoms with E-state index < -0.39 is 0 Å². The molecule has 1 amide bonds. The predicted octanol–water partition coefficient (Wildman–Crippen LogP) is 3.43. The number of carbonyl (C=O) groups is 1. The molecule has 4 aliphatic rings. The average Bonchev–Trinajstić information content (AvgIpc) is 2.51. The summed E-state index contributed by atoms with van der Waals surface area (Å²) in [6, 6.07) is 7.97. The molecule has 0 saturated heterocycles. The Morgan fingerprint density at radius 3 is 2.46 bits per heavy atom. The molecule has 128 valence electrons. The molecule has 24 heavy (non-hydrogen) atoms. The zero-order valence-corrected chi connectivity index (χ0v) is 14.3. The van der Waals surface area contributed by atoms with Gasteiger partial charge in [0.05, 0.1) is 6.21 Å². The van der Waals surface area contributed by atoms with Crippen LogP contribution in [0.3, 0.4) is 0 Å². The van der Waals surface area contributed by atoms with Crippen molar-refractivity contribution in [3.8, 4) is 0 Å². The van der Waals surface area contributed by atoms with E-state index in [0.717, 1.165) is 48.1 Å². The van der Waals surface area contributed by atoms with Crippen LogP contribution in [0.4, 0.5) is 0 Å². The first-order valence-electron chi connectivity index (χ1n) is 9.14. The van der Waals surface area contributed by atoms with Crippen molar-refractivity contribution in [2.75, 3.05) is 6.61 Å². The van der Waals surface area contributed by atoms with Gasteiger partial charge in [0.1, 0.15) is 0 Å². The molecule has 1 N–H and O–H groups in total. The van der Waals surface area contributed by atoms with Gasteiger partial charge in [-0.25, -0.2) is 0 Å². The van der Waals surface area contributed by atoms with Gasteiger partial charge in [-0.1, -0.05) is 29.4 Å². The monoisotopic (exact) mass is 326 g/mol. The van der Waals surface area contributed by atoms with E-state index in [0.29, 0.717) is 0 Å². The number of rotatable bonds is 5. The second kappa shape index (κ2) is 6.23. The van der Waals surface area contributed by atoms with E-state index in [1.165, 1.54) is 19.3 Å². The number of nitrogens with zero attached hydrogens (tertiary/aromatic N) is 1. The van der Waals surface area contributed by atoms with Gasteiger partial charge in [-0.05, 0) is 74.3 Å². The van der Waals surface area contributed by atoms with E-state index in [4.69, 9.17) is 4.84 Å². The minimum atomic E-state index is -0.0288. The highest BCUT2D eigenvalue weighted by Gasteiger charge is 2.51. The fourth-order valence-electron chi connectivity index (χ4n) is 5.52. The zero-order valence-electron chi connectivity index (χ0n) is 14.3. The molecule has 0 spiro atoms. The third kappa shape index (κ3) is 3.19. The van der Waals surface area contributed by atoms with Gasteiger partial charge in [0, 0.05) is 5.54 Å². The van der Waals surface area contributed by atoms with Crippen LogP contribution in [-0.2, 0) is 9.63 Å². The van der Waals surface area contributed by atoms with E-state index in [1.807, 2.05) is 31.2 Å². The molecule has 0 aromatic heterocycles. The molecule has 4 nitrogen and oxygen atoms in total. The van der Waals surface area contributed by atoms with Gasteiger partial charge in [-0.15, -0.1) is 0 Å². The fraction of sp³-hybridized carbons (Fsp3) is 0.600. The van der Waals surface area contributed by atoms with Crippen LogP contribution in [0.15, 0.2) is 29.4 Å². The summed E-state index contributed by atoms with van der Waals surface area (Å²) in [6.45, 7) is 2.03. The molecule has 0 atom stereocenters. The van der Waals surface area contributed by atoms with Gasteiger partial charge in [-0.3, -0.25) is 4.79 Å². The normalized spacial score (nSPS) is 33.8. The first-order chi connectivity index (χ1) is 11.6. The van der Waals surface area contributed by atoms with Gasteiger partial charge in [0.15, 0.2) is 6.61 Å². The van der Waals surface area contributed by atoms with Crippen molar-refractivity contribution in [2.45, 2.75) is 51.0 Å². The quantitative estimate of drug-likeness (QED) is 0.666. The Kier molecular flexibility index (Phi) is 4.07. The molecule has 0 aliphatic heterocycles. The number of amides is 1. The zero-order chi connectivity index (χ0) is 16.6. The predicted molar refractivity (Wildman–Crippen MR) is 93.8 cm³/mol. The Labute approximate surface area is 143 Å². The lowest BCUT2D eigenvalue weighted by Gasteiger charge is -2.56. The molecule has 1 aromatic carbocycles. The molecular formula is C20H26N2O2. The van der Waals surface area contributed by atoms with Gasteiger partial charge >= 0.3 is 0 Å². The number of hydrogen-bond acceptors (Lipinski definition) is 3. The van der Waals surface area contributed by atoms with E-state index >= 15 is 0 Å². The summed E-state index contributed by atoms with van der Waals surface area (Å²) in [4.78, 5) is 17.5. The maximum Gasteiger partial charge on any atom is 0.261 e. The molecular weight excluding hydrogens is 300 g/mol. The van der Waals surface area contributed by atoms with Crippen LogP contribution in [0.5, 0.6) is 0 Å². The minimum Gasteiger partial charge on any atom is -0.386 e. The summed E-state index contributed by atoms with van der Waals surface area (Å²) in [5, 5.41) is 7.25. The molecule has 4 bridgehead atoms. The van der Waals surface area contributed by atoms with Crippen LogP contribution in [0.2, 0.25) is 0 Å². The highest BCUT2D eigenvalue weighted by atomic mass is 16.6. The molecule has 4 aliphatic carbocycles. The summed E-state index contributed by atoms with van der Waals surface area (Å²) in [5.41, 5.74) is 2.21. The summed E-state index contributed by atoms with van der Waals surface area (Å²) in [6.07, 6.45) is 9.31. The molecule has 4 fully saturated rings. The average molecular weight is 326 g/mol. The third-order valence-electron chi connectivity index (χ3n) is 6.09. The van der Waals surface area contributed by atoms with Crippen molar-refractivity contribution in [2.24, 2.45) is 22.9 Å². The topological polar surface area (TPSA) is 50.7 Å². The molecule has 0 heterocycles. The Bertz CT molecular complexity index is 618. The molecule has 4 heteroatoms. The van der Waals surface area contributed by atoms with E-state index in [-0.39, 0.29) is 18.1 Å².